The zero-order valence-electron chi connectivity index (χ0n) is 15.2. The first kappa shape index (κ1) is 15.9. The Balaban J connectivity index is 1.48. The van der Waals surface area contributed by atoms with Crippen LogP contribution in [0.5, 0.6) is 11.5 Å². The Hall–Kier alpha value is -3.28. The summed E-state index contributed by atoms with van der Waals surface area (Å²) in [6, 6.07) is 11.9. The Kier molecular flexibility index (Phi) is 3.63. The zero-order chi connectivity index (χ0) is 18.4. The smallest absolute Gasteiger partial charge is 0.202 e. The van der Waals surface area contributed by atoms with Gasteiger partial charge in [-0.2, -0.15) is 5.10 Å². The predicted molar refractivity (Wildman–Crippen MR) is 101 cm³/mol. The van der Waals surface area contributed by atoms with E-state index in [-0.39, 0.29) is 5.92 Å². The molecule has 2 aromatic heterocycles. The number of oxazole rings is 1. The fraction of sp³-hybridized carbons (Fsp3) is 0.238. The van der Waals surface area contributed by atoms with Gasteiger partial charge in [-0.05, 0) is 54.8 Å². The molecule has 0 radical (unpaired) electrons. The van der Waals surface area contributed by atoms with E-state index in [0.717, 1.165) is 51.4 Å². The number of aryl methyl sites for hydroxylation is 1. The van der Waals surface area contributed by atoms with Gasteiger partial charge in [0.15, 0.2) is 5.58 Å². The Labute approximate surface area is 156 Å². The van der Waals surface area contributed by atoms with E-state index in [1.807, 2.05) is 49.5 Å². The summed E-state index contributed by atoms with van der Waals surface area (Å²) in [5.41, 5.74) is 5.83. The van der Waals surface area contributed by atoms with E-state index in [0.29, 0.717) is 12.5 Å². The van der Waals surface area contributed by atoms with Crippen molar-refractivity contribution in [1.29, 1.82) is 0 Å². The fourth-order valence-corrected chi connectivity index (χ4v) is 3.59. The molecule has 0 saturated heterocycles. The van der Waals surface area contributed by atoms with Crippen molar-refractivity contribution in [2.75, 3.05) is 13.7 Å². The number of nitrogens with zero attached hydrogens (tertiary/aromatic N) is 2. The number of nitrogens with one attached hydrogen (secondary N) is 1. The van der Waals surface area contributed by atoms with Crippen LogP contribution >= 0.6 is 0 Å². The second-order valence-electron chi connectivity index (χ2n) is 6.80. The average Bonchev–Trinajstić information content (AvgIpc) is 3.32. The van der Waals surface area contributed by atoms with E-state index < -0.39 is 0 Å². The lowest BCUT2D eigenvalue weighted by atomic mass is 9.96. The van der Waals surface area contributed by atoms with Crippen LogP contribution < -0.4 is 9.47 Å². The summed E-state index contributed by atoms with van der Waals surface area (Å²) in [4.78, 5) is 4.70. The molecular formula is C21H19N3O3. The van der Waals surface area contributed by atoms with Crippen LogP contribution in [0.25, 0.3) is 22.2 Å². The summed E-state index contributed by atoms with van der Waals surface area (Å²) < 4.78 is 17.3. The van der Waals surface area contributed by atoms with Crippen LogP contribution in [0.4, 0.5) is 0 Å². The highest BCUT2D eigenvalue weighted by atomic mass is 16.5. The molecule has 6 nitrogen and oxygen atoms in total. The molecule has 0 aliphatic carbocycles. The Morgan fingerprint density at radius 3 is 2.93 bits per heavy atom. The first-order valence-electron chi connectivity index (χ1n) is 8.92. The zero-order valence-corrected chi connectivity index (χ0v) is 15.2. The van der Waals surface area contributed by atoms with E-state index in [1.165, 1.54) is 0 Å². The van der Waals surface area contributed by atoms with Crippen molar-refractivity contribution in [3.8, 4) is 22.6 Å². The number of rotatable bonds is 3. The average molecular weight is 361 g/mol. The maximum atomic E-state index is 6.10. The molecule has 1 unspecified atom stereocenters. The van der Waals surface area contributed by atoms with Crippen LogP contribution in [0.15, 0.2) is 47.0 Å². The van der Waals surface area contributed by atoms with Crippen molar-refractivity contribution >= 4 is 11.1 Å². The lowest BCUT2D eigenvalue weighted by Gasteiger charge is -2.23. The molecule has 0 saturated carbocycles. The predicted octanol–water partition coefficient (Wildman–Crippen LogP) is 4.25. The van der Waals surface area contributed by atoms with Gasteiger partial charge >= 0.3 is 0 Å². The fourth-order valence-electron chi connectivity index (χ4n) is 3.59. The monoisotopic (exact) mass is 361 g/mol. The summed E-state index contributed by atoms with van der Waals surface area (Å²) in [7, 11) is 1.67. The van der Waals surface area contributed by atoms with Gasteiger partial charge in [0.25, 0.3) is 0 Å². The number of fused-ring (bicyclic) bond motifs is 2. The summed E-state index contributed by atoms with van der Waals surface area (Å²) in [6.07, 6.45) is 2.71. The van der Waals surface area contributed by atoms with Gasteiger partial charge in [-0.3, -0.25) is 5.10 Å². The van der Waals surface area contributed by atoms with E-state index in [9.17, 15) is 0 Å². The van der Waals surface area contributed by atoms with E-state index in [4.69, 9.17) is 18.9 Å². The molecule has 0 fully saturated rings. The van der Waals surface area contributed by atoms with Gasteiger partial charge in [-0.15, -0.1) is 0 Å². The number of H-pyrrole nitrogens is 1. The molecule has 0 bridgehead atoms. The molecule has 1 aliphatic rings. The van der Waals surface area contributed by atoms with Crippen LogP contribution in [-0.2, 0) is 6.42 Å². The SMILES string of the molecule is COc1ccc2c(c1)CC(c1nc3ccc(-c4c[nH]nc4C)cc3o1)CO2. The van der Waals surface area contributed by atoms with Gasteiger partial charge in [0.2, 0.25) is 5.89 Å². The van der Waals surface area contributed by atoms with Crippen LogP contribution in [0.1, 0.15) is 23.1 Å². The first-order chi connectivity index (χ1) is 13.2. The van der Waals surface area contributed by atoms with Crippen molar-refractivity contribution in [3.63, 3.8) is 0 Å². The Morgan fingerprint density at radius 2 is 2.11 bits per heavy atom. The maximum absolute atomic E-state index is 6.10. The molecule has 27 heavy (non-hydrogen) atoms. The van der Waals surface area contributed by atoms with Crippen molar-refractivity contribution in [1.82, 2.24) is 15.2 Å². The van der Waals surface area contributed by atoms with E-state index in [1.54, 1.807) is 7.11 Å². The first-order valence-corrected chi connectivity index (χ1v) is 8.92. The van der Waals surface area contributed by atoms with Crippen molar-refractivity contribution in [2.24, 2.45) is 0 Å². The summed E-state index contributed by atoms with van der Waals surface area (Å²) in [6.45, 7) is 2.53. The number of hydrogen-bond donors (Lipinski definition) is 1. The van der Waals surface area contributed by atoms with Gasteiger partial charge in [0.1, 0.15) is 23.6 Å². The van der Waals surface area contributed by atoms with Crippen molar-refractivity contribution in [2.45, 2.75) is 19.3 Å². The van der Waals surface area contributed by atoms with Gasteiger partial charge in [-0.25, -0.2) is 4.98 Å². The molecular weight excluding hydrogens is 342 g/mol. The largest absolute Gasteiger partial charge is 0.497 e. The third-order valence-corrected chi connectivity index (χ3v) is 5.07. The van der Waals surface area contributed by atoms with Gasteiger partial charge in [0.05, 0.1) is 18.7 Å². The quantitative estimate of drug-likeness (QED) is 0.590. The van der Waals surface area contributed by atoms with Crippen LogP contribution in [0.2, 0.25) is 0 Å². The molecule has 136 valence electrons. The third kappa shape index (κ3) is 2.73. The number of hydrogen-bond acceptors (Lipinski definition) is 5. The highest BCUT2D eigenvalue weighted by Crippen LogP contribution is 2.36. The summed E-state index contributed by atoms with van der Waals surface area (Å²) >= 11 is 0. The number of aromatic nitrogens is 3. The summed E-state index contributed by atoms with van der Waals surface area (Å²) in [5, 5.41) is 7.09. The minimum Gasteiger partial charge on any atom is -0.497 e. The minimum absolute atomic E-state index is 0.0797. The van der Waals surface area contributed by atoms with E-state index >= 15 is 0 Å². The lowest BCUT2D eigenvalue weighted by Crippen LogP contribution is -2.19. The van der Waals surface area contributed by atoms with Gasteiger partial charge in [-0.1, -0.05) is 6.07 Å². The van der Waals surface area contributed by atoms with Crippen molar-refractivity contribution in [3.05, 3.63) is 59.7 Å². The van der Waals surface area contributed by atoms with Crippen LogP contribution in [0, 0.1) is 6.92 Å². The van der Waals surface area contributed by atoms with E-state index in [2.05, 4.69) is 10.2 Å². The molecule has 1 aliphatic heterocycles. The Bertz CT molecular complexity index is 1130. The molecule has 6 heteroatoms. The normalized spacial score (nSPS) is 16.1. The summed E-state index contributed by atoms with van der Waals surface area (Å²) in [5.74, 6) is 2.52. The lowest BCUT2D eigenvalue weighted by molar-refractivity contribution is 0.243. The van der Waals surface area contributed by atoms with Crippen molar-refractivity contribution < 1.29 is 13.9 Å². The molecule has 4 aromatic rings. The molecule has 2 aromatic carbocycles. The maximum Gasteiger partial charge on any atom is 0.202 e. The standard InChI is InChI=1S/C21H19N3O3/c1-12-17(10-22-24-12)13-3-5-18-20(9-13)27-21(23-18)15-7-14-8-16(25-2)4-6-19(14)26-11-15/h3-6,8-10,15H,7,11H2,1-2H3,(H,22,24). The second kappa shape index (κ2) is 6.16. The van der Waals surface area contributed by atoms with Crippen LogP contribution in [0.3, 0.4) is 0 Å². The highest BCUT2D eigenvalue weighted by Gasteiger charge is 2.26. The molecule has 3 heterocycles. The third-order valence-electron chi connectivity index (χ3n) is 5.07. The van der Waals surface area contributed by atoms with Crippen LogP contribution in [-0.4, -0.2) is 28.9 Å². The Morgan fingerprint density at radius 1 is 1.19 bits per heavy atom. The molecule has 0 spiro atoms. The number of methoxy groups -OCH3 is 1. The molecule has 1 atom stereocenters. The topological polar surface area (TPSA) is 73.2 Å². The number of benzene rings is 2. The van der Waals surface area contributed by atoms with Gasteiger partial charge < -0.3 is 13.9 Å². The highest BCUT2D eigenvalue weighted by molar-refractivity contribution is 5.80. The molecule has 0 amide bonds. The number of aromatic amines is 1. The number of ether oxygens (including phenoxy) is 2. The second-order valence-corrected chi connectivity index (χ2v) is 6.80. The minimum atomic E-state index is 0.0797. The molecule has 5 rings (SSSR count). The van der Waals surface area contributed by atoms with Gasteiger partial charge in [0, 0.05) is 11.8 Å². The molecule has 1 N–H and O–H groups in total.